The monoisotopic (exact) mass is 228 g/mol. The van der Waals surface area contributed by atoms with Gasteiger partial charge in [0.1, 0.15) is 0 Å². The smallest absolute Gasteiger partial charge is 0.225 e. The zero-order valence-corrected chi connectivity index (χ0v) is 10.2. The highest BCUT2D eigenvalue weighted by molar-refractivity contribution is 5.78. The molecule has 2 atom stereocenters. The third-order valence-electron chi connectivity index (χ3n) is 3.52. The second kappa shape index (κ2) is 6.86. The van der Waals surface area contributed by atoms with Gasteiger partial charge in [0.25, 0.3) is 0 Å². The Labute approximate surface area is 97.8 Å². The maximum atomic E-state index is 12.0. The highest BCUT2D eigenvalue weighted by Gasteiger charge is 2.28. The van der Waals surface area contributed by atoms with Gasteiger partial charge in [0.2, 0.25) is 5.91 Å². The molecule has 0 aliphatic heterocycles. The number of hydrogen-bond acceptors (Lipinski definition) is 3. The van der Waals surface area contributed by atoms with Crippen LogP contribution in [0.1, 0.15) is 32.1 Å². The Kier molecular flexibility index (Phi) is 5.77. The summed E-state index contributed by atoms with van der Waals surface area (Å²) in [4.78, 5) is 13.7. The summed E-state index contributed by atoms with van der Waals surface area (Å²) in [5.41, 5.74) is 5.56. The molecule has 94 valence electrons. The quantitative estimate of drug-likeness (QED) is 0.724. The lowest BCUT2D eigenvalue weighted by Crippen LogP contribution is -2.37. The predicted octanol–water partition coefficient (Wildman–Crippen LogP) is 0.592. The van der Waals surface area contributed by atoms with E-state index >= 15 is 0 Å². The largest absolute Gasteiger partial charge is 0.395 e. The second-order valence-electron chi connectivity index (χ2n) is 4.79. The van der Waals surface area contributed by atoms with Gasteiger partial charge in [-0.3, -0.25) is 4.79 Å². The summed E-state index contributed by atoms with van der Waals surface area (Å²) in [6.07, 6.45) is 5.35. The molecule has 1 amide bonds. The van der Waals surface area contributed by atoms with Crippen LogP contribution in [0.2, 0.25) is 0 Å². The topological polar surface area (TPSA) is 66.6 Å². The molecule has 0 heterocycles. The fourth-order valence-corrected chi connectivity index (χ4v) is 2.59. The van der Waals surface area contributed by atoms with Gasteiger partial charge in [-0.15, -0.1) is 0 Å². The number of aliphatic hydroxyl groups is 1. The van der Waals surface area contributed by atoms with Crippen LogP contribution in [0.5, 0.6) is 0 Å². The van der Waals surface area contributed by atoms with Gasteiger partial charge in [0.15, 0.2) is 0 Å². The lowest BCUT2D eigenvalue weighted by atomic mass is 9.79. The number of nitrogens with two attached hydrogens (primary N) is 1. The van der Waals surface area contributed by atoms with Gasteiger partial charge in [-0.1, -0.05) is 12.8 Å². The molecule has 0 saturated heterocycles. The minimum atomic E-state index is 0.0428. The summed E-state index contributed by atoms with van der Waals surface area (Å²) < 4.78 is 0. The maximum absolute atomic E-state index is 12.0. The predicted molar refractivity (Wildman–Crippen MR) is 63.8 cm³/mol. The van der Waals surface area contributed by atoms with E-state index in [9.17, 15) is 4.79 Å². The average Bonchev–Trinajstić information content (AvgIpc) is 2.29. The van der Waals surface area contributed by atoms with Gasteiger partial charge in [0, 0.05) is 19.5 Å². The Morgan fingerprint density at radius 1 is 1.50 bits per heavy atom. The number of amides is 1. The van der Waals surface area contributed by atoms with Crippen LogP contribution in [0.25, 0.3) is 0 Å². The molecular formula is C12H24N2O2. The first-order chi connectivity index (χ1) is 7.69. The molecule has 1 aliphatic rings. The van der Waals surface area contributed by atoms with Gasteiger partial charge in [-0.2, -0.15) is 0 Å². The maximum Gasteiger partial charge on any atom is 0.225 e. The molecular weight excluding hydrogens is 204 g/mol. The zero-order chi connectivity index (χ0) is 12.0. The van der Waals surface area contributed by atoms with Crippen molar-refractivity contribution in [2.75, 3.05) is 26.7 Å². The van der Waals surface area contributed by atoms with Crippen LogP contribution < -0.4 is 5.73 Å². The first kappa shape index (κ1) is 13.5. The van der Waals surface area contributed by atoms with Crippen LogP contribution in [0, 0.1) is 11.8 Å². The molecule has 3 N–H and O–H groups in total. The van der Waals surface area contributed by atoms with Gasteiger partial charge in [-0.25, -0.2) is 0 Å². The van der Waals surface area contributed by atoms with Crippen molar-refractivity contribution in [3.05, 3.63) is 0 Å². The SMILES string of the molecule is CN(CCO)C(=O)C1CCCC(CCN)C1. The van der Waals surface area contributed by atoms with Crippen molar-refractivity contribution in [2.45, 2.75) is 32.1 Å². The lowest BCUT2D eigenvalue weighted by Gasteiger charge is -2.30. The molecule has 0 radical (unpaired) electrons. The van der Waals surface area contributed by atoms with E-state index in [4.69, 9.17) is 10.8 Å². The number of carbonyl (C=O) groups is 1. The van der Waals surface area contributed by atoms with E-state index in [2.05, 4.69) is 0 Å². The van der Waals surface area contributed by atoms with E-state index < -0.39 is 0 Å². The Bertz CT molecular complexity index is 219. The molecule has 4 nitrogen and oxygen atoms in total. The van der Waals surface area contributed by atoms with Crippen LogP contribution in [0.15, 0.2) is 0 Å². The summed E-state index contributed by atoms with van der Waals surface area (Å²) in [5, 5.41) is 8.81. The molecule has 0 aromatic rings. The van der Waals surface area contributed by atoms with E-state index in [1.807, 2.05) is 0 Å². The van der Waals surface area contributed by atoms with E-state index in [0.717, 1.165) is 32.2 Å². The van der Waals surface area contributed by atoms with Gasteiger partial charge in [0.05, 0.1) is 6.61 Å². The van der Waals surface area contributed by atoms with E-state index in [0.29, 0.717) is 12.5 Å². The second-order valence-corrected chi connectivity index (χ2v) is 4.79. The number of rotatable bonds is 5. The van der Waals surface area contributed by atoms with Crippen LogP contribution in [-0.4, -0.2) is 42.7 Å². The van der Waals surface area contributed by atoms with Gasteiger partial charge < -0.3 is 15.7 Å². The average molecular weight is 228 g/mol. The number of aliphatic hydroxyl groups excluding tert-OH is 1. The Morgan fingerprint density at radius 3 is 2.88 bits per heavy atom. The van der Waals surface area contributed by atoms with Crippen molar-refractivity contribution in [3.8, 4) is 0 Å². The number of likely N-dealkylation sites (N-methyl/N-ethyl adjacent to an activating group) is 1. The minimum Gasteiger partial charge on any atom is -0.395 e. The summed E-state index contributed by atoms with van der Waals surface area (Å²) in [5.74, 6) is 0.966. The standard InChI is InChI=1S/C12H24N2O2/c1-14(7-8-15)12(16)11-4-2-3-10(9-11)5-6-13/h10-11,15H,2-9,13H2,1H3. The van der Waals surface area contributed by atoms with Gasteiger partial charge >= 0.3 is 0 Å². The molecule has 1 fully saturated rings. The highest BCUT2D eigenvalue weighted by atomic mass is 16.3. The number of nitrogens with zero attached hydrogens (tertiary/aromatic N) is 1. The van der Waals surface area contributed by atoms with Crippen LogP contribution in [0.3, 0.4) is 0 Å². The Balaban J connectivity index is 2.43. The van der Waals surface area contributed by atoms with Crippen LogP contribution in [-0.2, 0) is 4.79 Å². The van der Waals surface area contributed by atoms with E-state index in [-0.39, 0.29) is 18.4 Å². The fraction of sp³-hybridized carbons (Fsp3) is 0.917. The lowest BCUT2D eigenvalue weighted by molar-refractivity contribution is -0.136. The van der Waals surface area contributed by atoms with Crippen LogP contribution in [0.4, 0.5) is 0 Å². The molecule has 0 spiro atoms. The van der Waals surface area contributed by atoms with Crippen molar-refractivity contribution >= 4 is 5.91 Å². The third-order valence-corrected chi connectivity index (χ3v) is 3.52. The summed E-state index contributed by atoms with van der Waals surface area (Å²) >= 11 is 0. The van der Waals surface area contributed by atoms with E-state index in [1.165, 1.54) is 6.42 Å². The molecule has 0 bridgehead atoms. The molecule has 2 unspecified atom stereocenters. The van der Waals surface area contributed by atoms with Crippen molar-refractivity contribution in [1.82, 2.24) is 4.90 Å². The first-order valence-corrected chi connectivity index (χ1v) is 6.25. The molecule has 1 aliphatic carbocycles. The summed E-state index contributed by atoms with van der Waals surface area (Å²) in [6, 6.07) is 0. The first-order valence-electron chi connectivity index (χ1n) is 6.25. The third kappa shape index (κ3) is 3.76. The molecule has 0 aromatic heterocycles. The Hall–Kier alpha value is -0.610. The van der Waals surface area contributed by atoms with Crippen molar-refractivity contribution in [1.29, 1.82) is 0 Å². The van der Waals surface area contributed by atoms with Gasteiger partial charge in [-0.05, 0) is 31.7 Å². The molecule has 4 heteroatoms. The molecule has 1 rings (SSSR count). The van der Waals surface area contributed by atoms with Crippen molar-refractivity contribution in [3.63, 3.8) is 0 Å². The fourth-order valence-electron chi connectivity index (χ4n) is 2.59. The molecule has 16 heavy (non-hydrogen) atoms. The summed E-state index contributed by atoms with van der Waals surface area (Å²) in [7, 11) is 1.77. The zero-order valence-electron chi connectivity index (χ0n) is 10.2. The van der Waals surface area contributed by atoms with E-state index in [1.54, 1.807) is 11.9 Å². The number of carbonyl (C=O) groups excluding carboxylic acids is 1. The minimum absolute atomic E-state index is 0.0428. The molecule has 1 saturated carbocycles. The van der Waals surface area contributed by atoms with Crippen molar-refractivity contribution in [2.24, 2.45) is 17.6 Å². The summed E-state index contributed by atoms with van der Waals surface area (Å²) in [6.45, 7) is 1.20. The van der Waals surface area contributed by atoms with Crippen LogP contribution >= 0.6 is 0 Å². The Morgan fingerprint density at radius 2 is 2.25 bits per heavy atom. The highest BCUT2D eigenvalue weighted by Crippen LogP contribution is 2.31. The number of hydrogen-bond donors (Lipinski definition) is 2. The normalized spacial score (nSPS) is 25.4. The van der Waals surface area contributed by atoms with Crippen molar-refractivity contribution < 1.29 is 9.90 Å². The molecule has 0 aromatic carbocycles.